The Bertz CT molecular complexity index is 469. The van der Waals surface area contributed by atoms with Gasteiger partial charge in [-0.2, -0.15) is 0 Å². The van der Waals surface area contributed by atoms with E-state index < -0.39 is 6.10 Å². The molecule has 0 spiro atoms. The van der Waals surface area contributed by atoms with Crippen molar-refractivity contribution >= 4 is 34.2 Å². The van der Waals surface area contributed by atoms with Gasteiger partial charge in [0.25, 0.3) is 5.91 Å². The van der Waals surface area contributed by atoms with Gasteiger partial charge in [-0.05, 0) is 37.1 Å². The molecule has 1 unspecified atom stereocenters. The number of likely N-dealkylation sites (N-methyl/N-ethyl adjacent to an activating group) is 1. The number of benzene rings is 1. The third-order valence-corrected chi connectivity index (χ3v) is 3.54. The quantitative estimate of drug-likeness (QED) is 0.826. The molecule has 120 valence electrons. The molecule has 0 aliphatic carbocycles. The molecule has 1 amide bonds. The molecule has 0 radical (unpaired) electrons. The molecule has 1 rings (SSSR count). The molecule has 4 nitrogen and oxygen atoms in total. The third kappa shape index (κ3) is 6.68. The normalized spacial score (nSPS) is 12.3. The summed E-state index contributed by atoms with van der Waals surface area (Å²) in [6, 6.07) is 7.46. The zero-order valence-corrected chi connectivity index (χ0v) is 15.3. The minimum absolute atomic E-state index is 0. The minimum Gasteiger partial charge on any atom is -0.481 e. The van der Waals surface area contributed by atoms with Crippen molar-refractivity contribution in [3.05, 3.63) is 28.7 Å². The van der Waals surface area contributed by atoms with Gasteiger partial charge in [-0.3, -0.25) is 4.79 Å². The number of nitrogens with two attached hydrogens (primary N) is 1. The molecule has 2 N–H and O–H groups in total. The Morgan fingerprint density at radius 1 is 1.48 bits per heavy atom. The SMILES string of the molecule is CC(Oc1cccc(Br)c1)C(=O)N(C)CC(C)(C)CN.Cl. The van der Waals surface area contributed by atoms with Gasteiger partial charge in [0.15, 0.2) is 6.10 Å². The van der Waals surface area contributed by atoms with Gasteiger partial charge in [0.2, 0.25) is 0 Å². The van der Waals surface area contributed by atoms with Crippen LogP contribution in [-0.2, 0) is 4.79 Å². The first-order chi connectivity index (χ1) is 9.25. The molecule has 1 aromatic carbocycles. The monoisotopic (exact) mass is 378 g/mol. The summed E-state index contributed by atoms with van der Waals surface area (Å²) in [6.45, 7) is 6.97. The summed E-state index contributed by atoms with van der Waals surface area (Å²) in [5.74, 6) is 0.623. The number of amides is 1. The van der Waals surface area contributed by atoms with Gasteiger partial charge in [-0.25, -0.2) is 0 Å². The van der Waals surface area contributed by atoms with E-state index in [-0.39, 0.29) is 23.7 Å². The number of halogens is 2. The molecular weight excluding hydrogens is 356 g/mol. The predicted octanol–water partition coefficient (Wildman–Crippen LogP) is 3.08. The summed E-state index contributed by atoms with van der Waals surface area (Å²) in [5, 5.41) is 0. The highest BCUT2D eigenvalue weighted by molar-refractivity contribution is 9.10. The maximum atomic E-state index is 12.3. The van der Waals surface area contributed by atoms with E-state index in [1.54, 1.807) is 18.9 Å². The number of rotatable bonds is 6. The van der Waals surface area contributed by atoms with Crippen LogP contribution in [0.4, 0.5) is 0 Å². The molecule has 1 atom stereocenters. The molecule has 21 heavy (non-hydrogen) atoms. The van der Waals surface area contributed by atoms with Crippen LogP contribution in [0, 0.1) is 5.41 Å². The maximum Gasteiger partial charge on any atom is 0.263 e. The van der Waals surface area contributed by atoms with Gasteiger partial charge in [0.05, 0.1) is 0 Å². The van der Waals surface area contributed by atoms with Gasteiger partial charge in [-0.15, -0.1) is 12.4 Å². The fourth-order valence-corrected chi connectivity index (χ4v) is 2.27. The molecule has 6 heteroatoms. The molecule has 0 saturated heterocycles. The molecule has 1 aromatic rings. The number of hydrogen-bond acceptors (Lipinski definition) is 3. The Morgan fingerprint density at radius 2 is 2.10 bits per heavy atom. The van der Waals surface area contributed by atoms with Crippen LogP contribution < -0.4 is 10.5 Å². The van der Waals surface area contributed by atoms with Crippen molar-refractivity contribution in [1.29, 1.82) is 0 Å². The lowest BCUT2D eigenvalue weighted by Gasteiger charge is -2.30. The van der Waals surface area contributed by atoms with Crippen molar-refractivity contribution in [2.75, 3.05) is 20.1 Å². The number of nitrogens with zero attached hydrogens (tertiary/aromatic N) is 1. The second-order valence-electron chi connectivity index (χ2n) is 5.78. The van der Waals surface area contributed by atoms with Crippen LogP contribution in [0.1, 0.15) is 20.8 Å². The van der Waals surface area contributed by atoms with Crippen LogP contribution in [0.3, 0.4) is 0 Å². The van der Waals surface area contributed by atoms with Gasteiger partial charge in [-0.1, -0.05) is 35.8 Å². The lowest BCUT2D eigenvalue weighted by Crippen LogP contribution is -2.44. The Labute approximate surface area is 141 Å². The van der Waals surface area contributed by atoms with E-state index in [9.17, 15) is 4.79 Å². The summed E-state index contributed by atoms with van der Waals surface area (Å²) < 4.78 is 6.60. The zero-order chi connectivity index (χ0) is 15.3. The van der Waals surface area contributed by atoms with Gasteiger partial charge in [0, 0.05) is 18.1 Å². The first-order valence-corrected chi connectivity index (χ1v) is 7.42. The van der Waals surface area contributed by atoms with E-state index in [2.05, 4.69) is 15.9 Å². The van der Waals surface area contributed by atoms with Crippen molar-refractivity contribution in [2.24, 2.45) is 11.1 Å². The van der Waals surface area contributed by atoms with Crippen molar-refractivity contribution < 1.29 is 9.53 Å². The van der Waals surface area contributed by atoms with E-state index in [0.29, 0.717) is 18.8 Å². The van der Waals surface area contributed by atoms with Gasteiger partial charge >= 0.3 is 0 Å². The fraction of sp³-hybridized carbons (Fsp3) is 0.533. The van der Waals surface area contributed by atoms with Gasteiger partial charge < -0.3 is 15.4 Å². The van der Waals surface area contributed by atoms with Crippen molar-refractivity contribution in [3.63, 3.8) is 0 Å². The summed E-state index contributed by atoms with van der Waals surface area (Å²) >= 11 is 3.38. The number of carbonyl (C=O) groups is 1. The molecule has 0 aliphatic heterocycles. The molecule has 0 bridgehead atoms. The number of hydrogen-bond donors (Lipinski definition) is 1. The molecule has 0 heterocycles. The molecular formula is C15H24BrClN2O2. The third-order valence-electron chi connectivity index (χ3n) is 3.05. The van der Waals surface area contributed by atoms with E-state index >= 15 is 0 Å². The summed E-state index contributed by atoms with van der Waals surface area (Å²) in [5.41, 5.74) is 5.60. The summed E-state index contributed by atoms with van der Waals surface area (Å²) in [7, 11) is 1.78. The highest BCUT2D eigenvalue weighted by atomic mass is 79.9. The van der Waals surface area contributed by atoms with Gasteiger partial charge in [0.1, 0.15) is 5.75 Å². The second kappa shape index (κ2) is 8.61. The Balaban J connectivity index is 0.00000400. The first-order valence-electron chi connectivity index (χ1n) is 6.62. The molecule has 0 fully saturated rings. The average molecular weight is 380 g/mol. The Hall–Kier alpha value is -0.780. The van der Waals surface area contributed by atoms with Crippen molar-refractivity contribution in [3.8, 4) is 5.75 Å². The topological polar surface area (TPSA) is 55.6 Å². The number of ether oxygens (including phenoxy) is 1. The summed E-state index contributed by atoms with van der Waals surface area (Å²) in [4.78, 5) is 14.0. The van der Waals surface area contributed by atoms with Crippen LogP contribution in [0.25, 0.3) is 0 Å². The first kappa shape index (κ1) is 20.2. The lowest BCUT2D eigenvalue weighted by atomic mass is 9.93. The van der Waals surface area contributed by atoms with Crippen LogP contribution >= 0.6 is 28.3 Å². The fourth-order valence-electron chi connectivity index (χ4n) is 1.89. The molecule has 0 aliphatic rings. The smallest absolute Gasteiger partial charge is 0.263 e. The van der Waals surface area contributed by atoms with Crippen LogP contribution in [-0.4, -0.2) is 37.0 Å². The van der Waals surface area contributed by atoms with E-state index in [0.717, 1.165) is 4.47 Å². The highest BCUT2D eigenvalue weighted by Crippen LogP contribution is 2.20. The second-order valence-corrected chi connectivity index (χ2v) is 6.70. The van der Waals surface area contributed by atoms with Crippen LogP contribution in [0.5, 0.6) is 5.75 Å². The van der Waals surface area contributed by atoms with Crippen molar-refractivity contribution in [1.82, 2.24) is 4.90 Å². The molecule has 0 aromatic heterocycles. The molecule has 0 saturated carbocycles. The van der Waals surface area contributed by atoms with E-state index in [1.807, 2.05) is 38.1 Å². The largest absolute Gasteiger partial charge is 0.481 e. The maximum absolute atomic E-state index is 12.3. The van der Waals surface area contributed by atoms with Crippen molar-refractivity contribution in [2.45, 2.75) is 26.9 Å². The Kier molecular flexibility index (Phi) is 8.29. The summed E-state index contributed by atoms with van der Waals surface area (Å²) in [6.07, 6.45) is -0.525. The lowest BCUT2D eigenvalue weighted by molar-refractivity contribution is -0.137. The number of carbonyl (C=O) groups excluding carboxylic acids is 1. The predicted molar refractivity (Wildman–Crippen MR) is 92.0 cm³/mol. The Morgan fingerprint density at radius 3 is 2.62 bits per heavy atom. The van der Waals surface area contributed by atoms with E-state index in [4.69, 9.17) is 10.5 Å². The van der Waals surface area contributed by atoms with E-state index in [1.165, 1.54) is 0 Å². The zero-order valence-electron chi connectivity index (χ0n) is 12.9. The van der Waals surface area contributed by atoms with Crippen LogP contribution in [0.15, 0.2) is 28.7 Å². The van der Waals surface area contributed by atoms with Crippen LogP contribution in [0.2, 0.25) is 0 Å². The highest BCUT2D eigenvalue weighted by Gasteiger charge is 2.25. The average Bonchev–Trinajstić information content (AvgIpc) is 2.37. The standard InChI is InChI=1S/C15H23BrN2O2.ClH/c1-11(20-13-7-5-6-12(16)8-13)14(19)18(4)10-15(2,3)9-17;/h5-8,11H,9-10,17H2,1-4H3;1H. The minimum atomic E-state index is -0.525.